The molecule has 5 heteroatoms. The molecule has 0 aromatic heterocycles. The third kappa shape index (κ3) is 0.833. The van der Waals surface area contributed by atoms with Crippen molar-refractivity contribution >= 4 is 35.5 Å². The summed E-state index contributed by atoms with van der Waals surface area (Å²) in [6, 6.07) is 0. The van der Waals surface area contributed by atoms with E-state index >= 15 is 0 Å². The standard InChI is InChI=1S/C3HCl2FN2/c4-3(5)2(6)7-1-8-3/h1H. The van der Waals surface area contributed by atoms with Gasteiger partial charge in [0.05, 0.1) is 0 Å². The summed E-state index contributed by atoms with van der Waals surface area (Å²) in [7, 11) is 0. The average Bonchev–Trinajstić information content (AvgIpc) is 1.86. The predicted octanol–water partition coefficient (Wildman–Crippen LogP) is 1.53. The van der Waals surface area contributed by atoms with Crippen LogP contribution in [-0.4, -0.2) is 16.8 Å². The summed E-state index contributed by atoms with van der Waals surface area (Å²) in [5, 5.41) is 0. The molecule has 8 heavy (non-hydrogen) atoms. The Morgan fingerprint density at radius 2 is 2.25 bits per heavy atom. The quantitative estimate of drug-likeness (QED) is 0.374. The Balaban J connectivity index is 2.87. The van der Waals surface area contributed by atoms with Crippen LogP contribution in [0.2, 0.25) is 0 Å². The van der Waals surface area contributed by atoms with Gasteiger partial charge in [-0.25, -0.2) is 9.98 Å². The summed E-state index contributed by atoms with van der Waals surface area (Å²) in [4.78, 5) is 6.36. The summed E-state index contributed by atoms with van der Waals surface area (Å²) in [6.45, 7) is 0. The zero-order valence-electron chi connectivity index (χ0n) is 3.61. The molecule has 0 radical (unpaired) electrons. The lowest BCUT2D eigenvalue weighted by Crippen LogP contribution is -2.14. The first-order valence-corrected chi connectivity index (χ1v) is 2.54. The van der Waals surface area contributed by atoms with Crippen molar-refractivity contribution in [3.8, 4) is 0 Å². The van der Waals surface area contributed by atoms with Gasteiger partial charge < -0.3 is 0 Å². The lowest BCUT2D eigenvalue weighted by Gasteiger charge is -2.01. The van der Waals surface area contributed by atoms with Crippen LogP contribution in [0.4, 0.5) is 4.39 Å². The highest BCUT2D eigenvalue weighted by Crippen LogP contribution is 2.27. The smallest absolute Gasteiger partial charge is 0.227 e. The molecule has 0 amide bonds. The number of aliphatic imine (C=N–C) groups is 2. The highest BCUT2D eigenvalue weighted by atomic mass is 35.5. The van der Waals surface area contributed by atoms with E-state index in [4.69, 9.17) is 23.2 Å². The Morgan fingerprint density at radius 3 is 2.38 bits per heavy atom. The van der Waals surface area contributed by atoms with Gasteiger partial charge in [0, 0.05) is 0 Å². The molecular formula is C3HCl2FN2. The summed E-state index contributed by atoms with van der Waals surface area (Å²) in [5.41, 5.74) is 0. The molecule has 1 aliphatic rings. The van der Waals surface area contributed by atoms with Gasteiger partial charge in [0.15, 0.2) is 0 Å². The summed E-state index contributed by atoms with van der Waals surface area (Å²) in [5.74, 6) is -0.874. The summed E-state index contributed by atoms with van der Waals surface area (Å²) < 4.78 is 10.3. The van der Waals surface area contributed by atoms with Crippen molar-refractivity contribution in [2.45, 2.75) is 4.46 Å². The van der Waals surface area contributed by atoms with Crippen molar-refractivity contribution in [3.63, 3.8) is 0 Å². The van der Waals surface area contributed by atoms with Crippen LogP contribution in [0, 0.1) is 0 Å². The van der Waals surface area contributed by atoms with Crippen LogP contribution < -0.4 is 0 Å². The highest BCUT2D eigenvalue weighted by molar-refractivity contribution is 6.58. The van der Waals surface area contributed by atoms with E-state index in [1.165, 1.54) is 0 Å². The molecule has 0 saturated carbocycles. The topological polar surface area (TPSA) is 24.7 Å². The third-order valence-corrected chi connectivity index (χ3v) is 1.15. The van der Waals surface area contributed by atoms with Crippen LogP contribution in [0.5, 0.6) is 0 Å². The second-order valence-electron chi connectivity index (χ2n) is 1.21. The van der Waals surface area contributed by atoms with Gasteiger partial charge in [0.25, 0.3) is 4.46 Å². The molecule has 1 aliphatic heterocycles. The first-order chi connectivity index (χ1) is 3.63. The van der Waals surface area contributed by atoms with Gasteiger partial charge in [0.1, 0.15) is 6.34 Å². The second-order valence-corrected chi connectivity index (χ2v) is 2.49. The van der Waals surface area contributed by atoms with Gasteiger partial charge in [-0.3, -0.25) is 0 Å². The van der Waals surface area contributed by atoms with Crippen LogP contribution >= 0.6 is 23.2 Å². The molecule has 0 unspecified atom stereocenters. The predicted molar refractivity (Wildman–Crippen MR) is 31.5 cm³/mol. The van der Waals surface area contributed by atoms with Crippen LogP contribution in [0.1, 0.15) is 0 Å². The van der Waals surface area contributed by atoms with E-state index in [-0.39, 0.29) is 0 Å². The summed E-state index contributed by atoms with van der Waals surface area (Å²) >= 11 is 10.4. The molecule has 2 nitrogen and oxygen atoms in total. The van der Waals surface area contributed by atoms with Crippen molar-refractivity contribution in [1.29, 1.82) is 0 Å². The fraction of sp³-hybridized carbons (Fsp3) is 0.333. The molecule has 0 saturated heterocycles. The van der Waals surface area contributed by atoms with Crippen LogP contribution in [-0.2, 0) is 0 Å². The van der Waals surface area contributed by atoms with Crippen molar-refractivity contribution < 1.29 is 4.39 Å². The normalized spacial score (nSPS) is 23.6. The average molecular weight is 155 g/mol. The molecule has 0 aromatic rings. The Bertz CT molecular complexity index is 163. The number of hydrogen-bond donors (Lipinski definition) is 0. The first-order valence-electron chi connectivity index (χ1n) is 1.78. The number of halogens is 3. The second kappa shape index (κ2) is 1.67. The van der Waals surface area contributed by atoms with Gasteiger partial charge >= 0.3 is 0 Å². The number of hydrogen-bond acceptors (Lipinski definition) is 2. The van der Waals surface area contributed by atoms with E-state index in [0.29, 0.717) is 0 Å². The molecule has 0 spiro atoms. The van der Waals surface area contributed by atoms with Crippen molar-refractivity contribution in [2.24, 2.45) is 9.98 Å². The Hall–Kier alpha value is -0.150. The maximum absolute atomic E-state index is 12.1. The van der Waals surface area contributed by atoms with E-state index in [1.807, 2.05) is 0 Å². The van der Waals surface area contributed by atoms with E-state index < -0.39 is 10.4 Å². The first kappa shape index (κ1) is 5.98. The van der Waals surface area contributed by atoms with E-state index in [2.05, 4.69) is 9.98 Å². The fourth-order valence-electron chi connectivity index (χ4n) is 0.283. The third-order valence-electron chi connectivity index (χ3n) is 0.639. The molecule has 0 aliphatic carbocycles. The number of rotatable bonds is 0. The van der Waals surface area contributed by atoms with Gasteiger partial charge in [-0.2, -0.15) is 4.39 Å². The number of alkyl halides is 2. The van der Waals surface area contributed by atoms with Crippen molar-refractivity contribution in [1.82, 2.24) is 0 Å². The lowest BCUT2D eigenvalue weighted by atomic mass is 10.7. The zero-order chi connectivity index (χ0) is 6.20. The minimum absolute atomic E-state index is 0.874. The maximum atomic E-state index is 12.1. The van der Waals surface area contributed by atoms with Gasteiger partial charge in [-0.1, -0.05) is 23.2 Å². The minimum atomic E-state index is -1.75. The van der Waals surface area contributed by atoms with Gasteiger partial charge in [0.2, 0.25) is 5.97 Å². The van der Waals surface area contributed by atoms with E-state index in [0.717, 1.165) is 6.34 Å². The highest BCUT2D eigenvalue weighted by Gasteiger charge is 2.33. The molecular weight excluding hydrogens is 154 g/mol. The van der Waals surface area contributed by atoms with Crippen LogP contribution in [0.15, 0.2) is 9.98 Å². The van der Waals surface area contributed by atoms with E-state index in [9.17, 15) is 4.39 Å². The molecule has 0 bridgehead atoms. The molecule has 0 fully saturated rings. The molecule has 1 heterocycles. The maximum Gasteiger partial charge on any atom is 0.279 e. The molecule has 0 aromatic carbocycles. The van der Waals surface area contributed by atoms with Gasteiger partial charge in [-0.15, -0.1) is 0 Å². The lowest BCUT2D eigenvalue weighted by molar-refractivity contribution is 0.765. The van der Waals surface area contributed by atoms with Crippen molar-refractivity contribution in [2.75, 3.05) is 0 Å². The molecule has 1 rings (SSSR count). The van der Waals surface area contributed by atoms with Crippen LogP contribution in [0.3, 0.4) is 0 Å². The Labute approximate surface area is 55.0 Å². The van der Waals surface area contributed by atoms with Crippen molar-refractivity contribution in [3.05, 3.63) is 0 Å². The number of nitrogens with zero attached hydrogens (tertiary/aromatic N) is 2. The zero-order valence-corrected chi connectivity index (χ0v) is 5.12. The van der Waals surface area contributed by atoms with Crippen LogP contribution in [0.25, 0.3) is 0 Å². The summed E-state index contributed by atoms with van der Waals surface area (Å²) in [6.07, 6.45) is 0.981. The van der Waals surface area contributed by atoms with E-state index in [1.54, 1.807) is 0 Å². The minimum Gasteiger partial charge on any atom is -0.227 e. The molecule has 0 N–H and O–H groups in total. The van der Waals surface area contributed by atoms with Gasteiger partial charge in [-0.05, 0) is 0 Å². The fourth-order valence-corrected chi connectivity index (χ4v) is 0.468. The Morgan fingerprint density at radius 1 is 1.62 bits per heavy atom. The SMILES string of the molecule is FC1=NC=NC1(Cl)Cl. The monoisotopic (exact) mass is 154 g/mol. The Kier molecular flexibility index (Phi) is 1.25. The largest absolute Gasteiger partial charge is 0.279 e. The molecule has 44 valence electrons. The molecule has 0 atom stereocenters.